The number of carbonyl (C=O) groups excluding carboxylic acids is 1. The Morgan fingerprint density at radius 3 is 2.53 bits per heavy atom. The fraction of sp³-hybridized carbons (Fsp3) is 0.909. The molecule has 4 nitrogen and oxygen atoms in total. The summed E-state index contributed by atoms with van der Waals surface area (Å²) < 4.78 is 5.12. The van der Waals surface area contributed by atoms with Gasteiger partial charge >= 0.3 is 5.97 Å². The van der Waals surface area contributed by atoms with Crippen LogP contribution in [-0.2, 0) is 9.53 Å². The summed E-state index contributed by atoms with van der Waals surface area (Å²) in [6.45, 7) is 7.81. The molecule has 4 heteroatoms. The molecule has 0 atom stereocenters. The molecule has 0 aromatic rings. The third-order valence-electron chi connectivity index (χ3n) is 2.72. The molecule has 1 rings (SSSR count). The first-order valence-electron chi connectivity index (χ1n) is 5.79. The number of esters is 1. The van der Waals surface area contributed by atoms with E-state index in [-0.39, 0.29) is 5.97 Å². The van der Waals surface area contributed by atoms with Gasteiger partial charge in [-0.2, -0.15) is 0 Å². The summed E-state index contributed by atoms with van der Waals surface area (Å²) in [6.07, 6.45) is 1.41. The molecule has 88 valence electrons. The van der Waals surface area contributed by atoms with E-state index in [1.807, 2.05) is 6.92 Å². The molecule has 0 unspecified atom stereocenters. The van der Waals surface area contributed by atoms with Crippen molar-refractivity contribution in [3.63, 3.8) is 0 Å². The maximum Gasteiger partial charge on any atom is 0.305 e. The van der Waals surface area contributed by atoms with Crippen LogP contribution in [0.1, 0.15) is 19.8 Å². The monoisotopic (exact) mass is 214 g/mol. The highest BCUT2D eigenvalue weighted by atomic mass is 16.5. The van der Waals surface area contributed by atoms with Crippen LogP contribution in [0.2, 0.25) is 0 Å². The van der Waals surface area contributed by atoms with E-state index >= 15 is 0 Å². The van der Waals surface area contributed by atoms with Crippen molar-refractivity contribution in [3.8, 4) is 0 Å². The van der Waals surface area contributed by atoms with E-state index in [2.05, 4.69) is 16.8 Å². The molecule has 1 aliphatic rings. The quantitative estimate of drug-likeness (QED) is 0.627. The van der Waals surface area contributed by atoms with Crippen molar-refractivity contribution in [1.29, 1.82) is 0 Å². The van der Waals surface area contributed by atoms with Gasteiger partial charge in [-0.25, -0.2) is 0 Å². The molecule has 0 radical (unpaired) electrons. The minimum atomic E-state index is -0.0633. The van der Waals surface area contributed by atoms with Crippen LogP contribution in [-0.4, -0.2) is 62.1 Å². The molecule has 1 saturated heterocycles. The number of hydrogen-bond acceptors (Lipinski definition) is 4. The third-order valence-corrected chi connectivity index (χ3v) is 2.72. The number of hydrogen-bond donors (Lipinski definition) is 0. The lowest BCUT2D eigenvalue weighted by Crippen LogP contribution is -2.45. The summed E-state index contributed by atoms with van der Waals surface area (Å²) in [6, 6.07) is 0. The van der Waals surface area contributed by atoms with Crippen molar-refractivity contribution in [2.75, 3.05) is 46.4 Å². The van der Waals surface area contributed by atoms with E-state index in [0.717, 1.165) is 39.1 Å². The lowest BCUT2D eigenvalue weighted by atomic mass is 10.3. The SMILES string of the molecule is CCCC(=O)OCCN1CCN(C)CC1. The van der Waals surface area contributed by atoms with Gasteiger partial charge in [-0.15, -0.1) is 0 Å². The lowest BCUT2D eigenvalue weighted by Gasteiger charge is -2.32. The van der Waals surface area contributed by atoms with Gasteiger partial charge in [0.05, 0.1) is 0 Å². The Morgan fingerprint density at radius 1 is 1.27 bits per heavy atom. The summed E-state index contributed by atoms with van der Waals surface area (Å²) in [5, 5.41) is 0. The van der Waals surface area contributed by atoms with Crippen molar-refractivity contribution < 1.29 is 9.53 Å². The summed E-state index contributed by atoms with van der Waals surface area (Å²) in [5.74, 6) is -0.0633. The number of likely N-dealkylation sites (N-methyl/N-ethyl adjacent to an activating group) is 1. The molecular weight excluding hydrogens is 192 g/mol. The topological polar surface area (TPSA) is 32.8 Å². The summed E-state index contributed by atoms with van der Waals surface area (Å²) in [4.78, 5) is 15.8. The minimum Gasteiger partial charge on any atom is -0.464 e. The minimum absolute atomic E-state index is 0.0633. The van der Waals surface area contributed by atoms with Crippen LogP contribution in [0.4, 0.5) is 0 Å². The molecule has 0 spiro atoms. The number of carbonyl (C=O) groups is 1. The first-order chi connectivity index (χ1) is 7.22. The molecule has 0 amide bonds. The van der Waals surface area contributed by atoms with Gasteiger partial charge < -0.3 is 9.64 Å². The zero-order chi connectivity index (χ0) is 11.1. The van der Waals surface area contributed by atoms with Crippen molar-refractivity contribution in [1.82, 2.24) is 9.80 Å². The second kappa shape index (κ2) is 6.80. The molecule has 1 fully saturated rings. The molecule has 15 heavy (non-hydrogen) atoms. The number of piperazine rings is 1. The van der Waals surface area contributed by atoms with Crippen molar-refractivity contribution in [2.24, 2.45) is 0 Å². The van der Waals surface area contributed by atoms with Crippen LogP contribution < -0.4 is 0 Å². The first-order valence-corrected chi connectivity index (χ1v) is 5.79. The third kappa shape index (κ3) is 5.14. The van der Waals surface area contributed by atoms with Crippen LogP contribution in [0.25, 0.3) is 0 Å². The molecule has 0 saturated carbocycles. The lowest BCUT2D eigenvalue weighted by molar-refractivity contribution is -0.144. The van der Waals surface area contributed by atoms with Gasteiger partial charge in [0.2, 0.25) is 0 Å². The van der Waals surface area contributed by atoms with E-state index in [9.17, 15) is 4.79 Å². The van der Waals surface area contributed by atoms with E-state index < -0.39 is 0 Å². The number of nitrogens with zero attached hydrogens (tertiary/aromatic N) is 2. The second-order valence-corrected chi connectivity index (χ2v) is 4.12. The fourth-order valence-electron chi connectivity index (χ4n) is 1.64. The smallest absolute Gasteiger partial charge is 0.305 e. The molecule has 1 aliphatic heterocycles. The Morgan fingerprint density at radius 2 is 1.93 bits per heavy atom. The second-order valence-electron chi connectivity index (χ2n) is 4.12. The number of ether oxygens (including phenoxy) is 1. The van der Waals surface area contributed by atoms with Crippen molar-refractivity contribution in [2.45, 2.75) is 19.8 Å². The molecule has 0 aliphatic carbocycles. The Bertz CT molecular complexity index is 189. The summed E-state index contributed by atoms with van der Waals surface area (Å²) in [5.41, 5.74) is 0. The van der Waals surface area contributed by atoms with Crippen LogP contribution in [0.3, 0.4) is 0 Å². The average molecular weight is 214 g/mol. The van der Waals surface area contributed by atoms with E-state index in [1.54, 1.807) is 0 Å². The molecule has 0 aromatic heterocycles. The van der Waals surface area contributed by atoms with Gasteiger partial charge in [-0.1, -0.05) is 6.92 Å². The Hall–Kier alpha value is -0.610. The molecule has 1 heterocycles. The molecule has 0 aromatic carbocycles. The van der Waals surface area contributed by atoms with Gasteiger partial charge in [0.25, 0.3) is 0 Å². The van der Waals surface area contributed by atoms with E-state index in [0.29, 0.717) is 13.0 Å². The molecule has 0 N–H and O–H groups in total. The van der Waals surface area contributed by atoms with E-state index in [4.69, 9.17) is 4.74 Å². The summed E-state index contributed by atoms with van der Waals surface area (Å²) in [7, 11) is 2.14. The van der Waals surface area contributed by atoms with Gasteiger partial charge in [0.15, 0.2) is 0 Å². The van der Waals surface area contributed by atoms with Gasteiger partial charge in [0.1, 0.15) is 6.61 Å². The highest BCUT2D eigenvalue weighted by Gasteiger charge is 2.13. The standard InChI is InChI=1S/C11H22N2O2/c1-3-4-11(14)15-10-9-13-7-5-12(2)6-8-13/h3-10H2,1-2H3. The average Bonchev–Trinajstić information content (AvgIpc) is 2.21. The van der Waals surface area contributed by atoms with Gasteiger partial charge in [0, 0.05) is 39.1 Å². The molecular formula is C11H22N2O2. The Balaban J connectivity index is 2.02. The van der Waals surface area contributed by atoms with Crippen LogP contribution in [0.5, 0.6) is 0 Å². The Kier molecular flexibility index (Phi) is 5.65. The zero-order valence-corrected chi connectivity index (χ0v) is 9.87. The maximum absolute atomic E-state index is 11.1. The van der Waals surface area contributed by atoms with Crippen LogP contribution >= 0.6 is 0 Å². The van der Waals surface area contributed by atoms with Crippen LogP contribution in [0.15, 0.2) is 0 Å². The van der Waals surface area contributed by atoms with Crippen molar-refractivity contribution >= 4 is 5.97 Å². The highest BCUT2D eigenvalue weighted by molar-refractivity contribution is 5.69. The maximum atomic E-state index is 11.1. The van der Waals surface area contributed by atoms with Crippen molar-refractivity contribution in [3.05, 3.63) is 0 Å². The van der Waals surface area contributed by atoms with Gasteiger partial charge in [-0.05, 0) is 13.5 Å². The fourth-order valence-corrected chi connectivity index (χ4v) is 1.64. The Labute approximate surface area is 92.2 Å². The normalized spacial score (nSPS) is 19.1. The van der Waals surface area contributed by atoms with Crippen LogP contribution in [0, 0.1) is 0 Å². The summed E-state index contributed by atoms with van der Waals surface area (Å²) >= 11 is 0. The van der Waals surface area contributed by atoms with Gasteiger partial charge in [-0.3, -0.25) is 9.69 Å². The first kappa shape index (κ1) is 12.5. The predicted octanol–water partition coefficient (Wildman–Crippen LogP) is 0.577. The highest BCUT2D eigenvalue weighted by Crippen LogP contribution is 1.99. The zero-order valence-electron chi connectivity index (χ0n) is 9.87. The van der Waals surface area contributed by atoms with E-state index in [1.165, 1.54) is 0 Å². The largest absolute Gasteiger partial charge is 0.464 e. The predicted molar refractivity (Wildman–Crippen MR) is 59.8 cm³/mol. The number of rotatable bonds is 5. The molecule has 0 bridgehead atoms.